The lowest BCUT2D eigenvalue weighted by Gasteiger charge is -2.02. The first-order chi connectivity index (χ1) is 9.77. The average Bonchev–Trinajstić information content (AvgIpc) is 2.43. The molecule has 0 aromatic heterocycles. The van der Waals surface area contributed by atoms with E-state index in [1.807, 2.05) is 5.34 Å². The van der Waals surface area contributed by atoms with Gasteiger partial charge in [-0.1, -0.05) is 44.9 Å². The number of carbonyl (C=O) groups is 1. The number of nitrogens with zero attached hydrogens (tertiary/aromatic N) is 1. The largest absolute Gasteiger partial charge is 0.370 e. The van der Waals surface area contributed by atoms with Gasteiger partial charge in [0, 0.05) is 11.5 Å². The van der Waals surface area contributed by atoms with Crippen LogP contribution in [0, 0.1) is 4.91 Å². The summed E-state index contributed by atoms with van der Waals surface area (Å²) in [6, 6.07) is 0. The lowest BCUT2D eigenvalue weighted by Crippen LogP contribution is -2.09. The van der Waals surface area contributed by atoms with Crippen LogP contribution in [0.3, 0.4) is 0 Å². The van der Waals surface area contributed by atoms with Crippen molar-refractivity contribution < 1.29 is 24.7 Å². The molecule has 0 aliphatic carbocycles. The Labute approximate surface area is 118 Å². The van der Waals surface area contributed by atoms with Crippen LogP contribution < -0.4 is 5.73 Å². The van der Waals surface area contributed by atoms with Crippen LogP contribution in [0.1, 0.15) is 64.2 Å². The molecule has 20 heavy (non-hydrogen) atoms. The van der Waals surface area contributed by atoms with Gasteiger partial charge in [-0.3, -0.25) is 4.79 Å². The van der Waals surface area contributed by atoms with Gasteiger partial charge in [-0.15, -0.1) is 9.90 Å². The summed E-state index contributed by atoms with van der Waals surface area (Å²) in [6.45, 7) is 0.370. The molecule has 0 rings (SSSR count). The highest BCUT2D eigenvalue weighted by Gasteiger charge is 1.96. The summed E-state index contributed by atoms with van der Waals surface area (Å²) >= 11 is 0. The number of carbonyl (C=O) groups excluding carboxylic acids is 1. The van der Waals surface area contributed by atoms with Crippen molar-refractivity contribution >= 4 is 5.91 Å². The van der Waals surface area contributed by atoms with E-state index in [2.05, 4.69) is 20.0 Å². The average molecular weight is 292 g/mol. The Balaban J connectivity index is 2.95. The Morgan fingerprint density at radius 3 is 1.95 bits per heavy atom. The molecule has 0 unspecified atom stereocenters. The summed E-state index contributed by atoms with van der Waals surface area (Å²) in [5.41, 5.74) is 5.06. The van der Waals surface area contributed by atoms with Crippen molar-refractivity contribution in [1.29, 1.82) is 0 Å². The molecule has 0 fully saturated rings. The Morgan fingerprint density at radius 1 is 0.850 bits per heavy atom. The highest BCUT2D eigenvalue weighted by atomic mass is 17.7. The lowest BCUT2D eigenvalue weighted by molar-refractivity contribution is -0.636. The van der Waals surface area contributed by atoms with Crippen molar-refractivity contribution in [3.63, 3.8) is 0 Å². The predicted molar refractivity (Wildman–Crippen MR) is 70.4 cm³/mol. The second kappa shape index (κ2) is 15.8. The van der Waals surface area contributed by atoms with E-state index in [0.29, 0.717) is 13.0 Å². The molecule has 118 valence electrons. The Morgan fingerprint density at radius 2 is 1.40 bits per heavy atom. The molecule has 0 atom stereocenters. The van der Waals surface area contributed by atoms with Crippen molar-refractivity contribution in [2.24, 2.45) is 11.1 Å². The molecule has 0 aromatic rings. The van der Waals surface area contributed by atoms with Crippen LogP contribution >= 0.6 is 0 Å². The molecular weight excluding hydrogens is 268 g/mol. The van der Waals surface area contributed by atoms with Crippen LogP contribution in [-0.4, -0.2) is 12.5 Å². The van der Waals surface area contributed by atoms with E-state index >= 15 is 0 Å². The smallest absolute Gasteiger partial charge is 0.217 e. The zero-order valence-corrected chi connectivity index (χ0v) is 11.8. The third-order valence-electron chi connectivity index (χ3n) is 2.79. The summed E-state index contributed by atoms with van der Waals surface area (Å²) in [5.74, 6) is -0.212. The van der Waals surface area contributed by atoms with Gasteiger partial charge in [-0.05, 0) is 17.9 Å². The maximum Gasteiger partial charge on any atom is 0.217 e. The van der Waals surface area contributed by atoms with Crippen molar-refractivity contribution in [2.75, 3.05) is 6.61 Å². The Bertz CT molecular complexity index is 240. The fourth-order valence-electron chi connectivity index (χ4n) is 1.78. The fraction of sp³-hybridized carbons (Fsp3) is 0.917. The summed E-state index contributed by atoms with van der Waals surface area (Å²) < 4.78 is 0. The minimum absolute atomic E-state index is 0.212. The molecule has 0 aliphatic rings. The minimum atomic E-state index is -0.212. The van der Waals surface area contributed by atoms with E-state index in [-0.39, 0.29) is 5.91 Å². The third kappa shape index (κ3) is 16.8. The van der Waals surface area contributed by atoms with Crippen molar-refractivity contribution in [2.45, 2.75) is 64.2 Å². The van der Waals surface area contributed by atoms with Gasteiger partial charge in [0.2, 0.25) is 5.91 Å². The zero-order chi connectivity index (χ0) is 14.9. The molecule has 0 saturated carbocycles. The molecule has 0 bridgehead atoms. The molecule has 0 radical (unpaired) electrons. The van der Waals surface area contributed by atoms with Gasteiger partial charge >= 0.3 is 0 Å². The summed E-state index contributed by atoms with van der Waals surface area (Å²) in [4.78, 5) is 28.0. The van der Waals surface area contributed by atoms with Crippen molar-refractivity contribution in [3.05, 3.63) is 4.91 Å². The molecule has 0 heterocycles. The zero-order valence-electron chi connectivity index (χ0n) is 11.8. The molecule has 8 heteroatoms. The molecule has 1 amide bonds. The van der Waals surface area contributed by atoms with Crippen molar-refractivity contribution in [1.82, 2.24) is 0 Å². The summed E-state index contributed by atoms with van der Waals surface area (Å²) in [7, 11) is 0. The second-order valence-corrected chi connectivity index (χ2v) is 4.51. The first-order valence-corrected chi connectivity index (χ1v) is 7.00. The van der Waals surface area contributed by atoms with Crippen LogP contribution in [0.4, 0.5) is 0 Å². The van der Waals surface area contributed by atoms with E-state index in [4.69, 9.17) is 5.73 Å². The third-order valence-corrected chi connectivity index (χ3v) is 2.79. The molecule has 0 aromatic carbocycles. The number of nitrogens with two attached hydrogens (primary N) is 1. The number of rotatable bonds is 16. The second-order valence-electron chi connectivity index (χ2n) is 4.51. The monoisotopic (exact) mass is 292 g/mol. The number of hydrogen-bond acceptors (Lipinski definition) is 7. The number of amides is 1. The molecule has 2 N–H and O–H groups in total. The normalized spacial score (nSPS) is 10.4. The van der Waals surface area contributed by atoms with Crippen LogP contribution in [-0.2, 0) is 24.7 Å². The molecule has 0 aliphatic heterocycles. The molecule has 0 saturated heterocycles. The van der Waals surface area contributed by atoms with Gasteiger partial charge in [0.05, 0.1) is 6.61 Å². The van der Waals surface area contributed by atoms with E-state index in [1.54, 1.807) is 0 Å². The van der Waals surface area contributed by atoms with E-state index in [0.717, 1.165) is 38.5 Å². The predicted octanol–water partition coefficient (Wildman–Crippen LogP) is 2.87. The Kier molecular flexibility index (Phi) is 14.8. The SMILES string of the molecule is NC(=O)CCCCCCCCCCCOOOON=O. The summed E-state index contributed by atoms with van der Waals surface area (Å²) in [5, 5.41) is 9.72. The van der Waals surface area contributed by atoms with Crippen LogP contribution in [0.5, 0.6) is 0 Å². The van der Waals surface area contributed by atoms with Gasteiger partial charge in [-0.2, -0.15) is 0 Å². The van der Waals surface area contributed by atoms with E-state index in [9.17, 15) is 9.70 Å². The van der Waals surface area contributed by atoms with E-state index < -0.39 is 0 Å². The molecule has 8 nitrogen and oxygen atoms in total. The van der Waals surface area contributed by atoms with Gasteiger partial charge in [-0.25, -0.2) is 4.89 Å². The van der Waals surface area contributed by atoms with Crippen LogP contribution in [0.15, 0.2) is 5.34 Å². The Hall–Kier alpha value is -1.25. The maximum absolute atomic E-state index is 10.5. The highest BCUT2D eigenvalue weighted by Crippen LogP contribution is 2.10. The van der Waals surface area contributed by atoms with Gasteiger partial charge in [0.25, 0.3) is 0 Å². The maximum atomic E-state index is 10.5. The van der Waals surface area contributed by atoms with E-state index in [1.165, 1.54) is 19.3 Å². The van der Waals surface area contributed by atoms with Crippen LogP contribution in [0.25, 0.3) is 0 Å². The number of hydrogen-bond donors (Lipinski definition) is 1. The molecule has 0 spiro atoms. The summed E-state index contributed by atoms with van der Waals surface area (Å²) in [6.07, 6.45) is 10.2. The minimum Gasteiger partial charge on any atom is -0.370 e. The lowest BCUT2D eigenvalue weighted by atomic mass is 10.1. The van der Waals surface area contributed by atoms with Crippen molar-refractivity contribution in [3.8, 4) is 0 Å². The van der Waals surface area contributed by atoms with Gasteiger partial charge < -0.3 is 5.73 Å². The topological polar surface area (TPSA) is 109 Å². The molecular formula is C12H24N2O6. The first kappa shape index (κ1) is 18.8. The van der Waals surface area contributed by atoms with Crippen LogP contribution in [0.2, 0.25) is 0 Å². The number of primary amides is 1. The highest BCUT2D eigenvalue weighted by molar-refractivity contribution is 5.73. The number of unbranched alkanes of at least 4 members (excludes halogenated alkanes) is 8. The first-order valence-electron chi connectivity index (χ1n) is 7.00. The van der Waals surface area contributed by atoms with Gasteiger partial charge in [0.1, 0.15) is 0 Å². The van der Waals surface area contributed by atoms with Gasteiger partial charge in [0.15, 0.2) is 5.34 Å². The standard InChI is InChI=1S/C12H24N2O6/c13-12(15)10-8-6-4-2-1-3-5-7-9-11-17-19-20-18-14-16/h1-11H2,(H2,13,15). The fourth-order valence-corrected chi connectivity index (χ4v) is 1.78. The quantitative estimate of drug-likeness (QED) is 0.203.